The topological polar surface area (TPSA) is 44.1 Å². The van der Waals surface area contributed by atoms with Gasteiger partial charge in [0.2, 0.25) is 0 Å². The van der Waals surface area contributed by atoms with Gasteiger partial charge in [-0.1, -0.05) is 0 Å². The number of ether oxygens (including phenoxy) is 1. The standard InChI is InChI=1S/C5H6F2N2.C4H8O2/c1-9-3-4(2-8-9)5(6)7;1-3-6-4(2)5/h2-3,5H,1H3;3H2,1-2H3. The van der Waals surface area contributed by atoms with Gasteiger partial charge in [-0.15, -0.1) is 0 Å². The van der Waals surface area contributed by atoms with E-state index in [9.17, 15) is 13.6 Å². The molecule has 0 saturated carbocycles. The number of aromatic nitrogens is 2. The molecule has 0 unspecified atom stereocenters. The molecule has 6 heteroatoms. The van der Waals surface area contributed by atoms with E-state index in [0.717, 1.165) is 6.20 Å². The molecule has 0 fully saturated rings. The van der Waals surface area contributed by atoms with Crippen LogP contribution in [-0.2, 0) is 16.6 Å². The van der Waals surface area contributed by atoms with Gasteiger partial charge >= 0.3 is 5.97 Å². The number of carbonyl (C=O) groups is 1. The Labute approximate surface area is 86.8 Å². The average Bonchev–Trinajstić information content (AvgIpc) is 2.52. The lowest BCUT2D eigenvalue weighted by Gasteiger charge is -1.89. The number of nitrogens with zero attached hydrogens (tertiary/aromatic N) is 2. The number of esters is 1. The second kappa shape index (κ2) is 6.92. The Hall–Kier alpha value is -1.46. The van der Waals surface area contributed by atoms with E-state index in [1.807, 2.05) is 0 Å². The van der Waals surface area contributed by atoms with Gasteiger partial charge in [0.15, 0.2) is 0 Å². The Kier molecular flexibility index (Phi) is 6.24. The van der Waals surface area contributed by atoms with Gasteiger partial charge in [0.05, 0.1) is 18.4 Å². The van der Waals surface area contributed by atoms with E-state index in [-0.39, 0.29) is 11.5 Å². The third-order valence-corrected chi connectivity index (χ3v) is 1.32. The summed E-state index contributed by atoms with van der Waals surface area (Å²) in [5.41, 5.74) is -0.0301. The third-order valence-electron chi connectivity index (χ3n) is 1.32. The van der Waals surface area contributed by atoms with Crippen LogP contribution >= 0.6 is 0 Å². The zero-order valence-electron chi connectivity index (χ0n) is 8.91. The van der Waals surface area contributed by atoms with Crippen LogP contribution in [0.15, 0.2) is 12.4 Å². The molecule has 0 radical (unpaired) electrons. The molecule has 0 amide bonds. The first-order valence-corrected chi connectivity index (χ1v) is 4.37. The highest BCUT2D eigenvalue weighted by Crippen LogP contribution is 2.16. The Balaban J connectivity index is 0.000000288. The number of aryl methyl sites for hydroxylation is 1. The van der Waals surface area contributed by atoms with Crippen LogP contribution in [0.25, 0.3) is 0 Å². The number of alkyl halides is 2. The molecule has 1 heterocycles. The van der Waals surface area contributed by atoms with Gasteiger partial charge < -0.3 is 4.74 Å². The maximum absolute atomic E-state index is 11.7. The molecule has 0 aliphatic carbocycles. The first-order valence-electron chi connectivity index (χ1n) is 4.37. The van der Waals surface area contributed by atoms with Crippen LogP contribution in [0.4, 0.5) is 8.78 Å². The molecule has 15 heavy (non-hydrogen) atoms. The van der Waals surface area contributed by atoms with Crippen molar-refractivity contribution in [2.24, 2.45) is 7.05 Å². The lowest BCUT2D eigenvalue weighted by atomic mass is 10.4. The molecular weight excluding hydrogens is 206 g/mol. The van der Waals surface area contributed by atoms with Crippen molar-refractivity contribution in [2.75, 3.05) is 6.61 Å². The normalized spacial score (nSPS) is 9.47. The fourth-order valence-corrected chi connectivity index (χ4v) is 0.756. The summed E-state index contributed by atoms with van der Waals surface area (Å²) in [7, 11) is 1.60. The number of hydrogen-bond donors (Lipinski definition) is 0. The quantitative estimate of drug-likeness (QED) is 0.715. The molecule has 0 aliphatic heterocycles. The van der Waals surface area contributed by atoms with E-state index in [0.29, 0.717) is 6.61 Å². The van der Waals surface area contributed by atoms with Crippen LogP contribution in [-0.4, -0.2) is 22.4 Å². The summed E-state index contributed by atoms with van der Waals surface area (Å²) in [5, 5.41) is 3.57. The van der Waals surface area contributed by atoms with Crippen molar-refractivity contribution in [1.82, 2.24) is 9.78 Å². The third kappa shape index (κ3) is 6.59. The summed E-state index contributed by atoms with van der Waals surface area (Å²) in [4.78, 5) is 9.82. The van der Waals surface area contributed by atoms with Gasteiger partial charge in [-0.3, -0.25) is 9.48 Å². The molecule has 0 atom stereocenters. The first-order chi connectivity index (χ1) is 6.97. The molecule has 86 valence electrons. The summed E-state index contributed by atoms with van der Waals surface area (Å²) in [6, 6.07) is 0. The molecule has 0 aliphatic rings. The predicted octanol–water partition coefficient (Wildman–Crippen LogP) is 1.93. The minimum absolute atomic E-state index is 0.0301. The van der Waals surface area contributed by atoms with Gasteiger partial charge in [0.25, 0.3) is 6.43 Å². The summed E-state index contributed by atoms with van der Waals surface area (Å²) in [6.07, 6.45) is 0.0497. The van der Waals surface area contributed by atoms with E-state index in [2.05, 4.69) is 9.84 Å². The van der Waals surface area contributed by atoms with Crippen LogP contribution in [0.2, 0.25) is 0 Å². The average molecular weight is 220 g/mol. The second-order valence-electron chi connectivity index (χ2n) is 2.67. The van der Waals surface area contributed by atoms with E-state index in [1.54, 1.807) is 14.0 Å². The van der Waals surface area contributed by atoms with Gasteiger partial charge in [0.1, 0.15) is 0 Å². The van der Waals surface area contributed by atoms with E-state index in [4.69, 9.17) is 0 Å². The van der Waals surface area contributed by atoms with Crippen LogP contribution in [0.3, 0.4) is 0 Å². The van der Waals surface area contributed by atoms with E-state index in [1.165, 1.54) is 17.8 Å². The zero-order valence-corrected chi connectivity index (χ0v) is 8.91. The van der Waals surface area contributed by atoms with Crippen molar-refractivity contribution in [2.45, 2.75) is 20.3 Å². The predicted molar refractivity (Wildman–Crippen MR) is 50.5 cm³/mol. The molecule has 0 bridgehead atoms. The molecule has 1 aromatic rings. The van der Waals surface area contributed by atoms with E-state index >= 15 is 0 Å². The van der Waals surface area contributed by atoms with Gasteiger partial charge in [0, 0.05) is 20.2 Å². The molecule has 0 N–H and O–H groups in total. The summed E-state index contributed by atoms with van der Waals surface area (Å²) >= 11 is 0. The minimum Gasteiger partial charge on any atom is -0.466 e. The molecule has 0 aromatic carbocycles. The Morgan fingerprint density at radius 2 is 2.27 bits per heavy atom. The Morgan fingerprint density at radius 3 is 2.40 bits per heavy atom. The summed E-state index contributed by atoms with van der Waals surface area (Å²) in [5.74, 6) is -0.211. The van der Waals surface area contributed by atoms with E-state index < -0.39 is 6.43 Å². The van der Waals surface area contributed by atoms with Crippen LogP contribution in [0, 0.1) is 0 Å². The number of hydrogen-bond acceptors (Lipinski definition) is 3. The summed E-state index contributed by atoms with van der Waals surface area (Å²) in [6.45, 7) is 3.65. The van der Waals surface area contributed by atoms with Crippen molar-refractivity contribution < 1.29 is 18.3 Å². The highest BCUT2D eigenvalue weighted by Gasteiger charge is 2.07. The van der Waals surface area contributed by atoms with Crippen molar-refractivity contribution >= 4 is 5.97 Å². The van der Waals surface area contributed by atoms with Crippen molar-refractivity contribution in [3.8, 4) is 0 Å². The highest BCUT2D eigenvalue weighted by atomic mass is 19.3. The van der Waals surface area contributed by atoms with Crippen molar-refractivity contribution in [3.05, 3.63) is 18.0 Å². The zero-order chi connectivity index (χ0) is 11.8. The summed E-state index contributed by atoms with van der Waals surface area (Å²) < 4.78 is 29.2. The maximum atomic E-state index is 11.7. The van der Waals surface area contributed by atoms with Crippen LogP contribution in [0.5, 0.6) is 0 Å². The lowest BCUT2D eigenvalue weighted by Crippen LogP contribution is -1.95. The fraction of sp³-hybridized carbons (Fsp3) is 0.556. The van der Waals surface area contributed by atoms with Gasteiger partial charge in [-0.05, 0) is 6.92 Å². The van der Waals surface area contributed by atoms with Crippen LogP contribution in [0.1, 0.15) is 25.8 Å². The second-order valence-corrected chi connectivity index (χ2v) is 2.67. The number of rotatable bonds is 2. The molecule has 1 rings (SSSR count). The monoisotopic (exact) mass is 220 g/mol. The molecule has 0 saturated heterocycles. The SMILES string of the molecule is CCOC(C)=O.Cn1cc(C(F)F)cn1. The fourth-order valence-electron chi connectivity index (χ4n) is 0.756. The van der Waals surface area contributed by atoms with Crippen molar-refractivity contribution in [1.29, 1.82) is 0 Å². The maximum Gasteiger partial charge on any atom is 0.302 e. The largest absolute Gasteiger partial charge is 0.466 e. The lowest BCUT2D eigenvalue weighted by molar-refractivity contribution is -0.140. The number of carbonyl (C=O) groups excluding carboxylic acids is 1. The molecule has 4 nitrogen and oxygen atoms in total. The molecular formula is C9H14F2N2O2. The number of halogens is 2. The first kappa shape index (κ1) is 13.5. The Morgan fingerprint density at radius 1 is 1.67 bits per heavy atom. The molecule has 0 spiro atoms. The van der Waals surface area contributed by atoms with Crippen molar-refractivity contribution in [3.63, 3.8) is 0 Å². The van der Waals surface area contributed by atoms with Gasteiger partial charge in [-0.2, -0.15) is 5.10 Å². The smallest absolute Gasteiger partial charge is 0.302 e. The minimum atomic E-state index is -2.40. The Bertz CT molecular complexity index is 300. The van der Waals surface area contributed by atoms with Crippen LogP contribution < -0.4 is 0 Å². The van der Waals surface area contributed by atoms with Gasteiger partial charge in [-0.25, -0.2) is 8.78 Å². The molecule has 1 aromatic heterocycles. The highest BCUT2D eigenvalue weighted by molar-refractivity contribution is 5.65.